The lowest BCUT2D eigenvalue weighted by atomic mass is 10.1. The number of rotatable bonds is 18. The van der Waals surface area contributed by atoms with Crippen molar-refractivity contribution in [3.8, 4) is 0 Å². The van der Waals surface area contributed by atoms with Crippen LogP contribution in [0.1, 0.15) is 90.4 Å². The van der Waals surface area contributed by atoms with Crippen molar-refractivity contribution in [2.75, 3.05) is 33.7 Å². The molecule has 0 aromatic rings. The summed E-state index contributed by atoms with van der Waals surface area (Å²) in [7, 11) is 4.60. The van der Waals surface area contributed by atoms with Crippen molar-refractivity contribution in [3.05, 3.63) is 12.7 Å². The largest absolute Gasteiger partial charge is 0.352 e. The van der Waals surface area contributed by atoms with Gasteiger partial charge in [0, 0.05) is 13.0 Å². The molecule has 0 aliphatic heterocycles. The molecule has 1 N–H and O–H groups in total. The minimum atomic E-state index is -0.0636. The van der Waals surface area contributed by atoms with Crippen LogP contribution in [0.4, 0.5) is 0 Å². The quantitative estimate of drug-likeness (QED) is 0.198. The van der Waals surface area contributed by atoms with Gasteiger partial charge in [-0.05, 0) is 18.9 Å². The maximum absolute atomic E-state index is 11.1. The first-order valence-electron chi connectivity index (χ1n) is 10.7. The SMILES string of the molecule is C=CC(=O)NCCC[N+](C)(C)CCCCCCCCCCCCCC. The number of quaternary nitrogens is 1. The molecule has 3 heteroatoms. The number of amides is 1. The second-order valence-corrected chi connectivity index (χ2v) is 8.12. The van der Waals surface area contributed by atoms with Crippen molar-refractivity contribution in [1.82, 2.24) is 5.32 Å². The Hall–Kier alpha value is -0.830. The van der Waals surface area contributed by atoms with Gasteiger partial charge in [0.05, 0.1) is 27.2 Å². The first-order valence-corrected chi connectivity index (χ1v) is 10.7. The van der Waals surface area contributed by atoms with Crippen LogP contribution in [0, 0.1) is 0 Å². The molecular formula is C22H45N2O+. The molecule has 148 valence electrons. The van der Waals surface area contributed by atoms with Gasteiger partial charge in [-0.2, -0.15) is 0 Å². The molecule has 0 saturated carbocycles. The van der Waals surface area contributed by atoms with Crippen LogP contribution in [-0.4, -0.2) is 44.1 Å². The Morgan fingerprint density at radius 1 is 0.800 bits per heavy atom. The van der Waals surface area contributed by atoms with Crippen molar-refractivity contribution in [1.29, 1.82) is 0 Å². The Labute approximate surface area is 157 Å². The average Bonchev–Trinajstić information content (AvgIpc) is 2.59. The predicted octanol–water partition coefficient (Wildman–Crippen LogP) is 5.46. The van der Waals surface area contributed by atoms with Crippen LogP contribution in [0.15, 0.2) is 12.7 Å². The van der Waals surface area contributed by atoms with Gasteiger partial charge in [-0.25, -0.2) is 0 Å². The zero-order chi connectivity index (χ0) is 18.8. The van der Waals surface area contributed by atoms with E-state index in [0.717, 1.165) is 24.0 Å². The Kier molecular flexibility index (Phi) is 16.1. The first-order chi connectivity index (χ1) is 12.0. The van der Waals surface area contributed by atoms with Gasteiger partial charge in [-0.15, -0.1) is 0 Å². The maximum atomic E-state index is 11.1. The zero-order valence-corrected chi connectivity index (χ0v) is 17.5. The van der Waals surface area contributed by atoms with E-state index in [1.807, 2.05) is 0 Å². The summed E-state index contributed by atoms with van der Waals surface area (Å²) < 4.78 is 1.06. The Bertz CT molecular complexity index is 326. The molecule has 0 heterocycles. The summed E-state index contributed by atoms with van der Waals surface area (Å²) in [6.07, 6.45) is 19.3. The summed E-state index contributed by atoms with van der Waals surface area (Å²) in [6, 6.07) is 0. The molecule has 0 fully saturated rings. The van der Waals surface area contributed by atoms with E-state index >= 15 is 0 Å². The van der Waals surface area contributed by atoms with Crippen LogP contribution in [0.25, 0.3) is 0 Å². The minimum absolute atomic E-state index is 0.0636. The summed E-state index contributed by atoms with van der Waals surface area (Å²) >= 11 is 0. The zero-order valence-electron chi connectivity index (χ0n) is 17.5. The second kappa shape index (κ2) is 16.6. The summed E-state index contributed by atoms with van der Waals surface area (Å²) in [5.74, 6) is -0.0636. The summed E-state index contributed by atoms with van der Waals surface area (Å²) in [6.45, 7) is 8.87. The molecule has 3 nitrogen and oxygen atoms in total. The highest BCUT2D eigenvalue weighted by Gasteiger charge is 2.13. The number of hydrogen-bond acceptors (Lipinski definition) is 1. The van der Waals surface area contributed by atoms with E-state index in [1.54, 1.807) is 0 Å². The molecule has 0 aliphatic carbocycles. The van der Waals surface area contributed by atoms with Gasteiger partial charge in [-0.1, -0.05) is 77.7 Å². The Morgan fingerprint density at radius 2 is 1.24 bits per heavy atom. The average molecular weight is 354 g/mol. The van der Waals surface area contributed by atoms with Crippen molar-refractivity contribution in [3.63, 3.8) is 0 Å². The highest BCUT2D eigenvalue weighted by atomic mass is 16.1. The van der Waals surface area contributed by atoms with Crippen molar-refractivity contribution in [2.45, 2.75) is 90.4 Å². The second-order valence-electron chi connectivity index (χ2n) is 8.12. The standard InChI is InChI=1S/C22H44N2O/c1-5-7-8-9-10-11-12-13-14-15-16-17-20-24(3,4)21-18-19-23-22(25)6-2/h6H,2,5,7-21H2,1,3-4H3/p+1. The fourth-order valence-electron chi connectivity index (χ4n) is 3.28. The van der Waals surface area contributed by atoms with Crippen molar-refractivity contribution >= 4 is 5.91 Å². The van der Waals surface area contributed by atoms with Gasteiger partial charge in [-0.3, -0.25) is 4.79 Å². The summed E-state index contributed by atoms with van der Waals surface area (Å²) in [4.78, 5) is 11.1. The fraction of sp³-hybridized carbons (Fsp3) is 0.864. The van der Waals surface area contributed by atoms with Crippen molar-refractivity contribution in [2.24, 2.45) is 0 Å². The van der Waals surface area contributed by atoms with Gasteiger partial charge in [0.1, 0.15) is 0 Å². The van der Waals surface area contributed by atoms with Gasteiger partial charge in [0.15, 0.2) is 0 Å². The molecule has 0 unspecified atom stereocenters. The lowest BCUT2D eigenvalue weighted by molar-refractivity contribution is -0.890. The van der Waals surface area contributed by atoms with Crippen LogP contribution >= 0.6 is 0 Å². The molecule has 0 aromatic heterocycles. The third kappa shape index (κ3) is 17.8. The maximum Gasteiger partial charge on any atom is 0.243 e. The van der Waals surface area contributed by atoms with E-state index in [1.165, 1.54) is 89.7 Å². The Balaban J connectivity index is 3.36. The van der Waals surface area contributed by atoms with Gasteiger partial charge in [0.25, 0.3) is 0 Å². The molecule has 0 radical (unpaired) electrons. The molecule has 1 amide bonds. The van der Waals surface area contributed by atoms with E-state index < -0.39 is 0 Å². The first kappa shape index (κ1) is 24.2. The Morgan fingerprint density at radius 3 is 1.72 bits per heavy atom. The molecule has 0 atom stereocenters. The van der Waals surface area contributed by atoms with E-state index in [-0.39, 0.29) is 5.91 Å². The van der Waals surface area contributed by atoms with Crippen LogP contribution in [-0.2, 0) is 4.79 Å². The van der Waals surface area contributed by atoms with E-state index in [0.29, 0.717) is 0 Å². The molecule has 0 aliphatic rings. The number of carbonyl (C=O) groups excluding carboxylic acids is 1. The van der Waals surface area contributed by atoms with Crippen LogP contribution in [0.5, 0.6) is 0 Å². The number of nitrogens with zero attached hydrogens (tertiary/aromatic N) is 1. The molecule has 0 saturated heterocycles. The number of unbranched alkanes of at least 4 members (excludes halogenated alkanes) is 11. The third-order valence-electron chi connectivity index (χ3n) is 5.04. The van der Waals surface area contributed by atoms with Crippen molar-refractivity contribution < 1.29 is 9.28 Å². The van der Waals surface area contributed by atoms with E-state index in [4.69, 9.17) is 0 Å². The molecule has 0 aromatic carbocycles. The van der Waals surface area contributed by atoms with Crippen LogP contribution in [0.3, 0.4) is 0 Å². The highest BCUT2D eigenvalue weighted by Crippen LogP contribution is 2.12. The molecular weight excluding hydrogens is 308 g/mol. The number of carbonyl (C=O) groups is 1. The third-order valence-corrected chi connectivity index (χ3v) is 5.04. The van der Waals surface area contributed by atoms with Crippen LogP contribution in [0.2, 0.25) is 0 Å². The molecule has 25 heavy (non-hydrogen) atoms. The lowest BCUT2D eigenvalue weighted by Crippen LogP contribution is -2.42. The van der Waals surface area contributed by atoms with Gasteiger partial charge >= 0.3 is 0 Å². The fourth-order valence-corrected chi connectivity index (χ4v) is 3.28. The molecule has 0 spiro atoms. The number of hydrogen-bond donors (Lipinski definition) is 1. The topological polar surface area (TPSA) is 29.1 Å². The smallest absolute Gasteiger partial charge is 0.243 e. The highest BCUT2D eigenvalue weighted by molar-refractivity contribution is 5.86. The molecule has 0 bridgehead atoms. The lowest BCUT2D eigenvalue weighted by Gasteiger charge is -2.30. The molecule has 0 rings (SSSR count). The monoisotopic (exact) mass is 353 g/mol. The summed E-state index contributed by atoms with van der Waals surface area (Å²) in [5.41, 5.74) is 0. The van der Waals surface area contributed by atoms with Crippen LogP contribution < -0.4 is 5.32 Å². The van der Waals surface area contributed by atoms with Gasteiger partial charge in [0.2, 0.25) is 5.91 Å². The van der Waals surface area contributed by atoms with E-state index in [2.05, 4.69) is 32.9 Å². The van der Waals surface area contributed by atoms with E-state index in [9.17, 15) is 4.79 Å². The normalized spacial score (nSPS) is 11.5. The van der Waals surface area contributed by atoms with Gasteiger partial charge < -0.3 is 9.80 Å². The minimum Gasteiger partial charge on any atom is -0.352 e. The number of nitrogens with one attached hydrogen (secondary N) is 1. The summed E-state index contributed by atoms with van der Waals surface area (Å²) in [5, 5.41) is 2.85. The predicted molar refractivity (Wildman–Crippen MR) is 111 cm³/mol.